The predicted molar refractivity (Wildman–Crippen MR) is 82.5 cm³/mol. The van der Waals surface area contributed by atoms with Gasteiger partial charge in [-0.1, -0.05) is 6.07 Å². The van der Waals surface area contributed by atoms with Crippen molar-refractivity contribution in [1.29, 1.82) is 0 Å². The summed E-state index contributed by atoms with van der Waals surface area (Å²) in [6.07, 6.45) is 0. The van der Waals surface area contributed by atoms with E-state index < -0.39 is 6.04 Å². The van der Waals surface area contributed by atoms with Crippen LogP contribution in [0.5, 0.6) is 0 Å². The Morgan fingerprint density at radius 1 is 1.55 bits per heavy atom. The third-order valence-corrected chi connectivity index (χ3v) is 4.12. The summed E-state index contributed by atoms with van der Waals surface area (Å²) < 4.78 is 0. The molecule has 0 aliphatic carbocycles. The van der Waals surface area contributed by atoms with Crippen LogP contribution in [0.1, 0.15) is 23.5 Å². The van der Waals surface area contributed by atoms with E-state index in [1.54, 1.807) is 13.0 Å². The number of rotatable bonds is 3. The first-order valence-corrected chi connectivity index (χ1v) is 7.33. The molecule has 1 unspecified atom stereocenters. The van der Waals surface area contributed by atoms with Gasteiger partial charge in [0.2, 0.25) is 5.91 Å². The number of halogens is 1. The summed E-state index contributed by atoms with van der Waals surface area (Å²) in [4.78, 5) is 26.7. The van der Waals surface area contributed by atoms with E-state index in [4.69, 9.17) is 0 Å². The summed E-state index contributed by atoms with van der Waals surface area (Å²) in [5.74, 6) is -0.197. The summed E-state index contributed by atoms with van der Waals surface area (Å²) in [7, 11) is 0. The van der Waals surface area contributed by atoms with E-state index in [9.17, 15) is 9.59 Å². The molecule has 2 amide bonds. The van der Waals surface area contributed by atoms with E-state index in [1.807, 2.05) is 23.3 Å². The summed E-state index contributed by atoms with van der Waals surface area (Å²) >= 11 is 1.37. The van der Waals surface area contributed by atoms with Gasteiger partial charge in [-0.25, -0.2) is 0 Å². The molecule has 2 heterocycles. The van der Waals surface area contributed by atoms with Gasteiger partial charge in [-0.2, -0.15) is 0 Å². The third-order valence-electron chi connectivity index (χ3n) is 3.25. The first-order chi connectivity index (χ1) is 9.09. The smallest absolute Gasteiger partial charge is 0.261 e. The maximum atomic E-state index is 12.3. The number of nitrogens with zero attached hydrogens (tertiary/aromatic N) is 1. The quantitative estimate of drug-likeness (QED) is 0.878. The minimum absolute atomic E-state index is 0. The first kappa shape index (κ1) is 16.9. The number of amides is 2. The molecule has 1 saturated heterocycles. The van der Waals surface area contributed by atoms with Gasteiger partial charge in [0.15, 0.2) is 0 Å². The molecule has 1 aliphatic rings. The molecule has 0 aromatic carbocycles. The molecule has 1 fully saturated rings. The molecule has 1 aromatic heterocycles. The summed E-state index contributed by atoms with van der Waals surface area (Å²) in [5, 5.41) is 7.85. The number of nitrogens with one attached hydrogen (secondary N) is 2. The molecule has 0 spiro atoms. The van der Waals surface area contributed by atoms with Crippen molar-refractivity contribution >= 4 is 35.6 Å². The average molecular weight is 318 g/mol. The van der Waals surface area contributed by atoms with Crippen molar-refractivity contribution in [3.05, 3.63) is 22.4 Å². The van der Waals surface area contributed by atoms with Gasteiger partial charge in [-0.3, -0.25) is 9.59 Å². The fourth-order valence-electron chi connectivity index (χ4n) is 2.15. The zero-order chi connectivity index (χ0) is 13.8. The number of carbonyl (C=O) groups is 2. The summed E-state index contributed by atoms with van der Waals surface area (Å²) in [5.41, 5.74) is 0. The minimum Gasteiger partial charge on any atom is -0.340 e. The fraction of sp³-hybridized carbons (Fsp3) is 0.538. The monoisotopic (exact) mass is 317 g/mol. The second-order valence-corrected chi connectivity index (χ2v) is 5.70. The lowest BCUT2D eigenvalue weighted by atomic mass is 10.1. The zero-order valence-corrected chi connectivity index (χ0v) is 13.2. The molecule has 0 radical (unpaired) electrons. The Hall–Kier alpha value is -1.11. The Morgan fingerprint density at radius 2 is 2.30 bits per heavy atom. The Morgan fingerprint density at radius 3 is 2.90 bits per heavy atom. The van der Waals surface area contributed by atoms with Crippen LogP contribution in [-0.4, -0.2) is 48.4 Å². The van der Waals surface area contributed by atoms with Crippen molar-refractivity contribution in [3.63, 3.8) is 0 Å². The van der Waals surface area contributed by atoms with Gasteiger partial charge in [0, 0.05) is 25.7 Å². The highest BCUT2D eigenvalue weighted by molar-refractivity contribution is 7.12. The number of carbonyl (C=O) groups excluding carboxylic acids is 2. The second-order valence-electron chi connectivity index (χ2n) is 4.76. The molecule has 1 aliphatic heterocycles. The highest BCUT2D eigenvalue weighted by Crippen LogP contribution is 2.09. The van der Waals surface area contributed by atoms with Crippen LogP contribution >= 0.6 is 23.7 Å². The van der Waals surface area contributed by atoms with Crippen LogP contribution in [0.2, 0.25) is 0 Å². The molecular formula is C13H20ClN3O2S. The molecule has 5 nitrogen and oxygen atoms in total. The minimum atomic E-state index is -0.491. The van der Waals surface area contributed by atoms with Gasteiger partial charge in [0.25, 0.3) is 5.91 Å². The molecule has 20 heavy (non-hydrogen) atoms. The third kappa shape index (κ3) is 3.94. The number of hydrogen-bond acceptors (Lipinski definition) is 4. The van der Waals surface area contributed by atoms with Gasteiger partial charge < -0.3 is 15.5 Å². The number of hydrogen-bond donors (Lipinski definition) is 2. The van der Waals surface area contributed by atoms with Crippen molar-refractivity contribution in [3.8, 4) is 0 Å². The number of piperazine rings is 1. The average Bonchev–Trinajstić information content (AvgIpc) is 2.92. The van der Waals surface area contributed by atoms with Gasteiger partial charge in [0.05, 0.1) is 4.88 Å². The van der Waals surface area contributed by atoms with E-state index in [1.165, 1.54) is 11.3 Å². The van der Waals surface area contributed by atoms with Crippen molar-refractivity contribution < 1.29 is 9.59 Å². The lowest BCUT2D eigenvalue weighted by Crippen LogP contribution is -2.57. The highest BCUT2D eigenvalue weighted by atomic mass is 35.5. The predicted octanol–water partition coefficient (Wildman–Crippen LogP) is 1.11. The first-order valence-electron chi connectivity index (χ1n) is 6.45. The van der Waals surface area contributed by atoms with E-state index in [2.05, 4.69) is 10.6 Å². The van der Waals surface area contributed by atoms with E-state index in [-0.39, 0.29) is 30.3 Å². The van der Waals surface area contributed by atoms with Crippen LogP contribution in [-0.2, 0) is 4.79 Å². The second kappa shape index (κ2) is 7.61. The molecule has 2 atom stereocenters. The van der Waals surface area contributed by atoms with Crippen LogP contribution < -0.4 is 10.6 Å². The standard InChI is InChI=1S/C13H19N3O2S.ClH/c1-9-8-14-5-6-16(9)13(18)10(2)15-12(17)11-4-3-7-19-11;/h3-4,7,9-10,14H,5-6,8H2,1-2H3,(H,15,17);1H/t9-,10?;/m1./s1. The lowest BCUT2D eigenvalue weighted by Gasteiger charge is -2.35. The van der Waals surface area contributed by atoms with Crippen molar-refractivity contribution in [2.45, 2.75) is 25.9 Å². The van der Waals surface area contributed by atoms with E-state index in [0.29, 0.717) is 11.4 Å². The van der Waals surface area contributed by atoms with E-state index >= 15 is 0 Å². The lowest BCUT2D eigenvalue weighted by molar-refractivity contribution is -0.135. The zero-order valence-electron chi connectivity index (χ0n) is 11.6. The number of thiophene rings is 1. The molecular weight excluding hydrogens is 298 g/mol. The molecule has 0 bridgehead atoms. The largest absolute Gasteiger partial charge is 0.340 e. The van der Waals surface area contributed by atoms with Gasteiger partial charge in [-0.15, -0.1) is 23.7 Å². The normalized spacial score (nSPS) is 19.9. The summed E-state index contributed by atoms with van der Waals surface area (Å²) in [6.45, 7) is 6.05. The Bertz CT molecular complexity index is 452. The van der Waals surface area contributed by atoms with Gasteiger partial charge in [-0.05, 0) is 25.3 Å². The van der Waals surface area contributed by atoms with Gasteiger partial charge in [0.1, 0.15) is 6.04 Å². The van der Waals surface area contributed by atoms with Crippen LogP contribution in [0.25, 0.3) is 0 Å². The van der Waals surface area contributed by atoms with Crippen LogP contribution in [0.15, 0.2) is 17.5 Å². The molecule has 0 saturated carbocycles. The van der Waals surface area contributed by atoms with Crippen molar-refractivity contribution in [2.24, 2.45) is 0 Å². The highest BCUT2D eigenvalue weighted by Gasteiger charge is 2.27. The Labute approximate surface area is 129 Å². The van der Waals surface area contributed by atoms with Gasteiger partial charge >= 0.3 is 0 Å². The van der Waals surface area contributed by atoms with Crippen LogP contribution in [0.4, 0.5) is 0 Å². The summed E-state index contributed by atoms with van der Waals surface area (Å²) in [6, 6.07) is 3.26. The maximum absolute atomic E-state index is 12.3. The molecule has 112 valence electrons. The SMILES string of the molecule is CC(NC(=O)c1cccs1)C(=O)N1CCNC[C@H]1C.Cl. The fourth-order valence-corrected chi connectivity index (χ4v) is 2.78. The Kier molecular flexibility index (Phi) is 6.45. The molecule has 7 heteroatoms. The molecule has 2 rings (SSSR count). The van der Waals surface area contributed by atoms with Crippen LogP contribution in [0.3, 0.4) is 0 Å². The maximum Gasteiger partial charge on any atom is 0.261 e. The van der Waals surface area contributed by atoms with Crippen LogP contribution in [0, 0.1) is 0 Å². The van der Waals surface area contributed by atoms with Crippen molar-refractivity contribution in [1.82, 2.24) is 15.5 Å². The van der Waals surface area contributed by atoms with E-state index in [0.717, 1.165) is 13.1 Å². The Balaban J connectivity index is 0.00000200. The molecule has 2 N–H and O–H groups in total. The van der Waals surface area contributed by atoms with Crippen molar-refractivity contribution in [2.75, 3.05) is 19.6 Å². The molecule has 1 aromatic rings. The topological polar surface area (TPSA) is 61.4 Å².